The molecule has 24 heavy (non-hydrogen) atoms. The summed E-state index contributed by atoms with van der Waals surface area (Å²) in [5.74, 6) is 0.541. The molecule has 2 amide bonds. The van der Waals surface area contributed by atoms with Crippen LogP contribution in [0.15, 0.2) is 0 Å². The first-order valence-corrected chi connectivity index (χ1v) is 9.68. The lowest BCUT2D eigenvalue weighted by Gasteiger charge is -2.36. The molecule has 1 heterocycles. The second-order valence-corrected chi connectivity index (χ2v) is 7.77. The molecule has 3 N–H and O–H groups in total. The Hall–Kier alpha value is -1.14. The quantitative estimate of drug-likeness (QED) is 0.792. The average Bonchev–Trinajstić information content (AvgIpc) is 3.02. The molecule has 2 saturated carbocycles. The highest BCUT2D eigenvalue weighted by molar-refractivity contribution is 5.80. The number of rotatable bonds is 4. The highest BCUT2D eigenvalue weighted by Crippen LogP contribution is 2.26. The number of hydrogen-bond donors (Lipinski definition) is 2. The highest BCUT2D eigenvalue weighted by Gasteiger charge is 2.32. The van der Waals surface area contributed by atoms with Crippen LogP contribution in [0.4, 0.5) is 0 Å². The van der Waals surface area contributed by atoms with Crippen molar-refractivity contribution in [2.75, 3.05) is 32.7 Å². The predicted molar refractivity (Wildman–Crippen MR) is 93.4 cm³/mol. The van der Waals surface area contributed by atoms with Crippen molar-refractivity contribution in [3.8, 4) is 0 Å². The van der Waals surface area contributed by atoms with E-state index in [1.807, 2.05) is 4.90 Å². The number of nitrogens with one attached hydrogen (secondary N) is 1. The van der Waals surface area contributed by atoms with E-state index in [9.17, 15) is 9.59 Å². The van der Waals surface area contributed by atoms with Gasteiger partial charge in [-0.3, -0.25) is 14.5 Å². The van der Waals surface area contributed by atoms with Gasteiger partial charge in [0.2, 0.25) is 11.8 Å². The van der Waals surface area contributed by atoms with Gasteiger partial charge in [-0.2, -0.15) is 0 Å². The van der Waals surface area contributed by atoms with Crippen LogP contribution in [0.1, 0.15) is 51.4 Å². The largest absolute Gasteiger partial charge is 0.352 e. The molecule has 0 aromatic carbocycles. The molecule has 1 saturated heterocycles. The summed E-state index contributed by atoms with van der Waals surface area (Å²) in [6.45, 7) is 3.53. The fourth-order valence-electron chi connectivity index (χ4n) is 4.35. The van der Waals surface area contributed by atoms with Crippen LogP contribution in [0, 0.1) is 5.92 Å². The van der Waals surface area contributed by atoms with Crippen LogP contribution in [0.3, 0.4) is 0 Å². The molecule has 0 aromatic heterocycles. The lowest BCUT2D eigenvalue weighted by molar-refractivity contribution is -0.137. The topological polar surface area (TPSA) is 78.7 Å². The maximum Gasteiger partial charge on any atom is 0.234 e. The van der Waals surface area contributed by atoms with Gasteiger partial charge >= 0.3 is 0 Å². The molecule has 6 nitrogen and oxygen atoms in total. The first kappa shape index (κ1) is 17.7. The molecule has 3 aliphatic rings. The molecule has 136 valence electrons. The van der Waals surface area contributed by atoms with Gasteiger partial charge in [0.25, 0.3) is 0 Å². The van der Waals surface area contributed by atoms with Crippen LogP contribution in [-0.4, -0.2) is 66.4 Å². The van der Waals surface area contributed by atoms with E-state index in [1.54, 1.807) is 0 Å². The Balaban J connectivity index is 1.37. The zero-order chi connectivity index (χ0) is 16.9. The van der Waals surface area contributed by atoms with Gasteiger partial charge in [0.1, 0.15) is 0 Å². The van der Waals surface area contributed by atoms with Crippen molar-refractivity contribution in [1.29, 1.82) is 0 Å². The van der Waals surface area contributed by atoms with Crippen molar-refractivity contribution in [1.82, 2.24) is 15.1 Å². The third kappa shape index (κ3) is 4.70. The number of carbonyl (C=O) groups excluding carboxylic acids is 2. The Bertz CT molecular complexity index is 442. The molecule has 1 aliphatic heterocycles. The predicted octanol–water partition coefficient (Wildman–Crippen LogP) is 0.707. The summed E-state index contributed by atoms with van der Waals surface area (Å²) in [5, 5.41) is 3.17. The average molecular weight is 336 g/mol. The third-order valence-corrected chi connectivity index (χ3v) is 5.84. The summed E-state index contributed by atoms with van der Waals surface area (Å²) < 4.78 is 0. The van der Waals surface area contributed by atoms with Crippen molar-refractivity contribution >= 4 is 11.8 Å². The second-order valence-electron chi connectivity index (χ2n) is 7.77. The molecule has 3 fully saturated rings. The molecule has 0 spiro atoms. The molecular weight excluding hydrogens is 304 g/mol. The van der Waals surface area contributed by atoms with Crippen molar-refractivity contribution in [3.63, 3.8) is 0 Å². The first-order valence-electron chi connectivity index (χ1n) is 9.68. The molecular formula is C18H32N4O2. The number of nitrogens with two attached hydrogens (primary N) is 1. The van der Waals surface area contributed by atoms with E-state index in [0.717, 1.165) is 58.3 Å². The lowest BCUT2D eigenvalue weighted by atomic mass is 9.95. The summed E-state index contributed by atoms with van der Waals surface area (Å²) in [6, 6.07) is 0.574. The third-order valence-electron chi connectivity index (χ3n) is 5.84. The summed E-state index contributed by atoms with van der Waals surface area (Å²) >= 11 is 0. The van der Waals surface area contributed by atoms with Crippen molar-refractivity contribution < 1.29 is 9.59 Å². The zero-order valence-electron chi connectivity index (χ0n) is 14.7. The van der Waals surface area contributed by atoms with Gasteiger partial charge in [-0.15, -0.1) is 0 Å². The Kier molecular flexibility index (Phi) is 6.11. The van der Waals surface area contributed by atoms with E-state index in [1.165, 1.54) is 19.3 Å². The SMILES string of the molecule is NC1CCC(C(=O)N2CCN(CC(=O)NC3CCCCC3)CC2)C1. The van der Waals surface area contributed by atoms with Gasteiger partial charge in [-0.1, -0.05) is 19.3 Å². The molecule has 2 aliphatic carbocycles. The maximum absolute atomic E-state index is 12.5. The van der Waals surface area contributed by atoms with E-state index < -0.39 is 0 Å². The van der Waals surface area contributed by atoms with Gasteiger partial charge in [0, 0.05) is 44.2 Å². The number of piperazine rings is 1. The number of hydrogen-bond acceptors (Lipinski definition) is 4. The van der Waals surface area contributed by atoms with Crippen molar-refractivity contribution in [2.24, 2.45) is 11.7 Å². The molecule has 0 radical (unpaired) electrons. The Labute approximate surface area is 145 Å². The van der Waals surface area contributed by atoms with Crippen LogP contribution >= 0.6 is 0 Å². The number of carbonyl (C=O) groups is 2. The van der Waals surface area contributed by atoms with E-state index in [2.05, 4.69) is 10.2 Å². The minimum absolute atomic E-state index is 0.126. The van der Waals surface area contributed by atoms with Crippen LogP contribution in [0.2, 0.25) is 0 Å². The van der Waals surface area contributed by atoms with Crippen LogP contribution in [-0.2, 0) is 9.59 Å². The fraction of sp³-hybridized carbons (Fsp3) is 0.889. The first-order chi connectivity index (χ1) is 11.6. The standard InChI is InChI=1S/C18H32N4O2/c19-15-7-6-14(12-15)18(24)22-10-8-21(9-11-22)13-17(23)20-16-4-2-1-3-5-16/h14-16H,1-13,19H2,(H,20,23). The van der Waals surface area contributed by atoms with Gasteiger partial charge in [-0.25, -0.2) is 0 Å². The van der Waals surface area contributed by atoms with Gasteiger partial charge < -0.3 is 16.0 Å². The van der Waals surface area contributed by atoms with Gasteiger partial charge in [0.15, 0.2) is 0 Å². The minimum atomic E-state index is 0.126. The Morgan fingerprint density at radius 3 is 2.29 bits per heavy atom. The molecule has 0 aromatic rings. The lowest BCUT2D eigenvalue weighted by Crippen LogP contribution is -2.53. The van der Waals surface area contributed by atoms with Gasteiger partial charge in [-0.05, 0) is 32.1 Å². The Morgan fingerprint density at radius 1 is 0.958 bits per heavy atom. The van der Waals surface area contributed by atoms with E-state index >= 15 is 0 Å². The normalized spacial score (nSPS) is 29.6. The smallest absolute Gasteiger partial charge is 0.234 e. The number of amides is 2. The molecule has 2 atom stereocenters. The van der Waals surface area contributed by atoms with E-state index in [-0.39, 0.29) is 23.8 Å². The monoisotopic (exact) mass is 336 g/mol. The summed E-state index contributed by atoms with van der Waals surface area (Å²) in [6.07, 6.45) is 8.75. The summed E-state index contributed by atoms with van der Waals surface area (Å²) in [5.41, 5.74) is 5.92. The maximum atomic E-state index is 12.5. The molecule has 0 bridgehead atoms. The van der Waals surface area contributed by atoms with Crippen LogP contribution < -0.4 is 11.1 Å². The zero-order valence-corrected chi connectivity index (χ0v) is 14.7. The highest BCUT2D eigenvalue weighted by atomic mass is 16.2. The molecule has 3 rings (SSSR count). The van der Waals surface area contributed by atoms with Crippen LogP contribution in [0.25, 0.3) is 0 Å². The van der Waals surface area contributed by atoms with Crippen molar-refractivity contribution in [3.05, 3.63) is 0 Å². The molecule has 6 heteroatoms. The summed E-state index contributed by atoms with van der Waals surface area (Å²) in [7, 11) is 0. The molecule has 2 unspecified atom stereocenters. The van der Waals surface area contributed by atoms with E-state index in [0.29, 0.717) is 12.6 Å². The minimum Gasteiger partial charge on any atom is -0.352 e. The Morgan fingerprint density at radius 2 is 1.67 bits per heavy atom. The van der Waals surface area contributed by atoms with Gasteiger partial charge in [0.05, 0.1) is 6.54 Å². The summed E-state index contributed by atoms with van der Waals surface area (Å²) in [4.78, 5) is 28.8. The van der Waals surface area contributed by atoms with Crippen molar-refractivity contribution in [2.45, 2.75) is 63.5 Å². The number of nitrogens with zero attached hydrogens (tertiary/aromatic N) is 2. The van der Waals surface area contributed by atoms with E-state index in [4.69, 9.17) is 5.73 Å². The van der Waals surface area contributed by atoms with Crippen LogP contribution in [0.5, 0.6) is 0 Å². The fourth-order valence-corrected chi connectivity index (χ4v) is 4.35. The second kappa shape index (κ2) is 8.30.